The number of hydrogen-bond donors (Lipinski definition) is 0. The smallest absolute Gasteiger partial charge is 0.235 e. The first-order valence-corrected chi connectivity index (χ1v) is 12.1. The molecule has 1 aliphatic carbocycles. The Kier molecular flexibility index (Phi) is 5.61. The molecule has 0 N–H and O–H groups in total. The highest BCUT2D eigenvalue weighted by Crippen LogP contribution is 2.40. The highest BCUT2D eigenvalue weighted by molar-refractivity contribution is 6.30. The molecule has 1 aliphatic heterocycles. The lowest BCUT2D eigenvalue weighted by atomic mass is 9.92. The molecular weight excluding hydrogens is 471 g/mol. The highest BCUT2D eigenvalue weighted by atomic mass is 35.5. The molecule has 35 heavy (non-hydrogen) atoms. The van der Waals surface area contributed by atoms with Gasteiger partial charge in [0.05, 0.1) is 25.5 Å². The van der Waals surface area contributed by atoms with Crippen molar-refractivity contribution in [1.82, 2.24) is 29.7 Å². The third-order valence-electron chi connectivity index (χ3n) is 6.62. The molecule has 180 valence electrons. The Balaban J connectivity index is 1.42. The minimum atomic E-state index is -0.484. The number of nitrogens with zero attached hydrogens (tertiary/aromatic N) is 6. The van der Waals surface area contributed by atoms with Crippen LogP contribution in [0.25, 0.3) is 22.4 Å². The number of rotatable bonds is 5. The van der Waals surface area contributed by atoms with Crippen molar-refractivity contribution in [3.8, 4) is 17.1 Å². The molecule has 1 saturated heterocycles. The van der Waals surface area contributed by atoms with E-state index in [2.05, 4.69) is 21.3 Å². The molecule has 1 saturated carbocycles. The van der Waals surface area contributed by atoms with Crippen molar-refractivity contribution in [3.63, 3.8) is 0 Å². The van der Waals surface area contributed by atoms with Crippen molar-refractivity contribution in [3.05, 3.63) is 58.5 Å². The Morgan fingerprint density at radius 3 is 2.77 bits per heavy atom. The number of halogens is 2. The minimum Gasteiger partial charge on any atom is -0.480 e. The first kappa shape index (κ1) is 22.3. The molecule has 10 heteroatoms. The van der Waals surface area contributed by atoms with Gasteiger partial charge in [0.1, 0.15) is 28.5 Å². The van der Waals surface area contributed by atoms with Crippen LogP contribution in [0, 0.1) is 12.7 Å². The van der Waals surface area contributed by atoms with E-state index in [1.165, 1.54) is 26.0 Å². The summed E-state index contributed by atoms with van der Waals surface area (Å²) in [7, 11) is 1.52. The van der Waals surface area contributed by atoms with E-state index in [9.17, 15) is 0 Å². The van der Waals surface area contributed by atoms with Gasteiger partial charge in [-0.1, -0.05) is 11.6 Å². The van der Waals surface area contributed by atoms with Gasteiger partial charge >= 0.3 is 0 Å². The largest absolute Gasteiger partial charge is 0.480 e. The van der Waals surface area contributed by atoms with E-state index < -0.39 is 5.82 Å². The summed E-state index contributed by atoms with van der Waals surface area (Å²) in [6, 6.07) is 5.03. The van der Waals surface area contributed by atoms with Gasteiger partial charge in [-0.25, -0.2) is 24.3 Å². The molecule has 2 fully saturated rings. The van der Waals surface area contributed by atoms with Crippen molar-refractivity contribution < 1.29 is 13.9 Å². The quantitative estimate of drug-likeness (QED) is 0.369. The summed E-state index contributed by atoms with van der Waals surface area (Å²) in [5.74, 6) is 0.481. The third-order valence-corrected chi connectivity index (χ3v) is 6.86. The maximum absolute atomic E-state index is 15.0. The summed E-state index contributed by atoms with van der Waals surface area (Å²) >= 11 is 6.00. The summed E-state index contributed by atoms with van der Waals surface area (Å²) in [4.78, 5) is 18.8. The highest BCUT2D eigenvalue weighted by Gasteiger charge is 2.31. The number of ether oxygens (including phenoxy) is 2. The van der Waals surface area contributed by atoms with Crippen LogP contribution in [0.5, 0.6) is 5.88 Å². The van der Waals surface area contributed by atoms with Crippen LogP contribution in [0.15, 0.2) is 30.6 Å². The van der Waals surface area contributed by atoms with Crippen LogP contribution in [0.4, 0.5) is 4.39 Å². The molecule has 0 spiro atoms. The lowest BCUT2D eigenvalue weighted by molar-refractivity contribution is 0.00396. The number of fused-ring (bicyclic) bond motifs is 1. The average Bonchev–Trinajstić information content (AvgIpc) is 3.59. The molecule has 0 radical (unpaired) electrons. The number of aryl methyl sites for hydroxylation is 1. The molecular formula is C25H24ClFN6O2. The third kappa shape index (κ3) is 4.23. The Morgan fingerprint density at radius 1 is 1.14 bits per heavy atom. The molecule has 0 amide bonds. The Labute approximate surface area is 206 Å². The zero-order chi connectivity index (χ0) is 24.1. The molecule has 8 nitrogen and oxygen atoms in total. The molecule has 2 aliphatic rings. The first-order chi connectivity index (χ1) is 17.0. The van der Waals surface area contributed by atoms with E-state index in [0.717, 1.165) is 12.0 Å². The predicted molar refractivity (Wildman–Crippen MR) is 128 cm³/mol. The predicted octanol–water partition coefficient (Wildman–Crippen LogP) is 5.36. The van der Waals surface area contributed by atoms with Crippen LogP contribution in [0.1, 0.15) is 60.8 Å². The first-order valence-electron chi connectivity index (χ1n) is 11.7. The zero-order valence-electron chi connectivity index (χ0n) is 19.4. The lowest BCUT2D eigenvalue weighted by Crippen LogP contribution is -2.20. The maximum Gasteiger partial charge on any atom is 0.235 e. The topological polar surface area (TPSA) is 87.8 Å². The van der Waals surface area contributed by atoms with Crippen LogP contribution in [-0.2, 0) is 4.74 Å². The van der Waals surface area contributed by atoms with E-state index in [1.807, 2.05) is 10.9 Å². The van der Waals surface area contributed by atoms with Crippen LogP contribution < -0.4 is 4.74 Å². The van der Waals surface area contributed by atoms with Crippen molar-refractivity contribution in [2.75, 3.05) is 13.7 Å². The van der Waals surface area contributed by atoms with Crippen LogP contribution in [0.2, 0.25) is 5.02 Å². The van der Waals surface area contributed by atoms with Crippen molar-refractivity contribution in [2.24, 2.45) is 0 Å². The second-order valence-corrected chi connectivity index (χ2v) is 9.55. The number of hydrogen-bond acceptors (Lipinski definition) is 7. The van der Waals surface area contributed by atoms with E-state index in [-0.39, 0.29) is 17.6 Å². The van der Waals surface area contributed by atoms with Gasteiger partial charge in [0.25, 0.3) is 0 Å². The van der Waals surface area contributed by atoms with Crippen LogP contribution >= 0.6 is 11.6 Å². The fourth-order valence-electron chi connectivity index (χ4n) is 4.60. The van der Waals surface area contributed by atoms with E-state index in [0.29, 0.717) is 58.3 Å². The minimum absolute atomic E-state index is 0.0146. The Morgan fingerprint density at radius 2 is 2.00 bits per heavy atom. The zero-order valence-corrected chi connectivity index (χ0v) is 20.2. The molecule has 2 atom stereocenters. The van der Waals surface area contributed by atoms with Crippen LogP contribution in [0.3, 0.4) is 0 Å². The van der Waals surface area contributed by atoms with Gasteiger partial charge < -0.3 is 9.47 Å². The molecule has 6 rings (SSSR count). The van der Waals surface area contributed by atoms with E-state index >= 15 is 4.39 Å². The van der Waals surface area contributed by atoms with Crippen molar-refractivity contribution in [1.29, 1.82) is 0 Å². The van der Waals surface area contributed by atoms with Crippen molar-refractivity contribution >= 4 is 22.8 Å². The van der Waals surface area contributed by atoms with Gasteiger partial charge in [0.15, 0.2) is 5.65 Å². The second kappa shape index (κ2) is 8.80. The molecule has 4 heterocycles. The maximum atomic E-state index is 15.0. The molecule has 0 bridgehead atoms. The average molecular weight is 495 g/mol. The molecule has 4 aromatic rings. The van der Waals surface area contributed by atoms with Gasteiger partial charge in [-0.15, -0.1) is 0 Å². The monoisotopic (exact) mass is 494 g/mol. The second-order valence-electron chi connectivity index (χ2n) is 9.11. The number of methoxy groups -OCH3 is 1. The van der Waals surface area contributed by atoms with Crippen LogP contribution in [-0.4, -0.2) is 43.4 Å². The number of aromatic nitrogens is 6. The summed E-state index contributed by atoms with van der Waals surface area (Å²) in [5.41, 5.74) is 3.11. The van der Waals surface area contributed by atoms with Gasteiger partial charge in [0.2, 0.25) is 5.88 Å². The lowest BCUT2D eigenvalue weighted by Gasteiger charge is -2.28. The standard InChI is InChI=1S/C25H24ClFN6O2/c1-13-25(34-2)31-22-21(18-6-3-16(26)10-19(18)27)30-23(32-24(22)29-13)14-7-8-35-20(9-14)15-11-28-33(12-15)17-4-5-17/h3,6,10-12,14,17,20H,4-5,7-9H2,1-2H3/t14-,20+/m0/s1. The Bertz CT molecular complexity index is 1420. The van der Waals surface area contributed by atoms with Gasteiger partial charge in [0, 0.05) is 34.9 Å². The summed E-state index contributed by atoms with van der Waals surface area (Å²) in [5, 5.41) is 4.82. The van der Waals surface area contributed by atoms with Gasteiger partial charge in [-0.3, -0.25) is 4.68 Å². The van der Waals surface area contributed by atoms with E-state index in [4.69, 9.17) is 31.0 Å². The normalized spacial score (nSPS) is 20.3. The molecule has 0 unspecified atom stereocenters. The van der Waals surface area contributed by atoms with Gasteiger partial charge in [-0.2, -0.15) is 5.10 Å². The molecule has 1 aromatic carbocycles. The van der Waals surface area contributed by atoms with Crippen molar-refractivity contribution in [2.45, 2.75) is 50.7 Å². The summed E-state index contributed by atoms with van der Waals surface area (Å²) in [6.45, 7) is 2.38. The summed E-state index contributed by atoms with van der Waals surface area (Å²) < 4.78 is 28.5. The van der Waals surface area contributed by atoms with Gasteiger partial charge in [-0.05, 0) is 50.8 Å². The number of benzene rings is 1. The van der Waals surface area contributed by atoms with E-state index in [1.54, 1.807) is 19.1 Å². The SMILES string of the molecule is COc1nc2c(-c3ccc(Cl)cc3F)nc([C@H]3CCO[C@@H](c4cnn(C5CC5)c4)C3)nc2nc1C. The fourth-order valence-corrected chi connectivity index (χ4v) is 4.76. The summed E-state index contributed by atoms with van der Waals surface area (Å²) in [6.07, 6.45) is 7.69. The Hall–Kier alpha value is -3.17. The molecule has 3 aromatic heterocycles. The fraction of sp³-hybridized carbons (Fsp3) is 0.400.